The highest BCUT2D eigenvalue weighted by Crippen LogP contribution is 2.38. The Hall–Kier alpha value is -1.59. The molecular weight excluding hydrogens is 290 g/mol. The molecule has 0 aliphatic heterocycles. The number of halogens is 1. The Morgan fingerprint density at radius 1 is 1.43 bits per heavy atom. The van der Waals surface area contributed by atoms with Gasteiger partial charge >= 0.3 is 0 Å². The normalized spacial score (nSPS) is 20.9. The van der Waals surface area contributed by atoms with Crippen molar-refractivity contribution in [2.45, 2.75) is 26.3 Å². The molecule has 1 saturated carbocycles. The van der Waals surface area contributed by atoms with Gasteiger partial charge in [0.2, 0.25) is 5.91 Å². The lowest BCUT2D eigenvalue weighted by atomic mass is 10.1. The first kappa shape index (κ1) is 17.5. The van der Waals surface area contributed by atoms with E-state index in [4.69, 9.17) is 5.73 Å². The van der Waals surface area contributed by atoms with E-state index in [1.165, 1.54) is 0 Å². The molecular formula is C15H22ClN3O2. The van der Waals surface area contributed by atoms with Gasteiger partial charge in [0.25, 0.3) is 5.91 Å². The van der Waals surface area contributed by atoms with Crippen LogP contribution >= 0.6 is 12.4 Å². The van der Waals surface area contributed by atoms with Gasteiger partial charge in [0.1, 0.15) is 0 Å². The molecule has 1 aliphatic rings. The SMILES string of the molecule is CC1CC1C(=O)Nc1cccc(C(=O)N[C@@H](C)CN)c1.Cl. The summed E-state index contributed by atoms with van der Waals surface area (Å²) in [7, 11) is 0. The summed E-state index contributed by atoms with van der Waals surface area (Å²) in [6.45, 7) is 4.29. The van der Waals surface area contributed by atoms with Gasteiger partial charge in [-0.15, -0.1) is 12.4 Å². The van der Waals surface area contributed by atoms with Crippen LogP contribution in [0.3, 0.4) is 0 Å². The van der Waals surface area contributed by atoms with Gasteiger partial charge in [-0.2, -0.15) is 0 Å². The lowest BCUT2D eigenvalue weighted by Crippen LogP contribution is -2.37. The molecule has 0 spiro atoms. The predicted octanol–water partition coefficient (Wildman–Crippen LogP) is 1.78. The predicted molar refractivity (Wildman–Crippen MR) is 85.6 cm³/mol. The summed E-state index contributed by atoms with van der Waals surface area (Å²) in [4.78, 5) is 23.8. The van der Waals surface area contributed by atoms with Crippen molar-refractivity contribution in [2.24, 2.45) is 17.6 Å². The molecule has 2 unspecified atom stereocenters. The van der Waals surface area contributed by atoms with Crippen molar-refractivity contribution in [1.29, 1.82) is 0 Å². The third-order valence-electron chi connectivity index (χ3n) is 3.57. The third-order valence-corrected chi connectivity index (χ3v) is 3.57. The maximum Gasteiger partial charge on any atom is 0.251 e. The molecule has 4 N–H and O–H groups in total. The van der Waals surface area contributed by atoms with Crippen molar-refractivity contribution in [2.75, 3.05) is 11.9 Å². The van der Waals surface area contributed by atoms with Gasteiger partial charge in [0.15, 0.2) is 0 Å². The van der Waals surface area contributed by atoms with E-state index in [-0.39, 0.29) is 36.2 Å². The maximum atomic E-state index is 12.0. The van der Waals surface area contributed by atoms with Crippen LogP contribution in [0.25, 0.3) is 0 Å². The Kier molecular flexibility index (Phi) is 6.18. The van der Waals surface area contributed by atoms with Crippen LogP contribution in [0, 0.1) is 11.8 Å². The van der Waals surface area contributed by atoms with Crippen LogP contribution in [0.15, 0.2) is 24.3 Å². The Labute approximate surface area is 131 Å². The van der Waals surface area contributed by atoms with E-state index in [9.17, 15) is 9.59 Å². The third kappa shape index (κ3) is 4.72. The number of benzene rings is 1. The zero-order valence-corrected chi connectivity index (χ0v) is 13.1. The van der Waals surface area contributed by atoms with Crippen molar-refractivity contribution in [3.05, 3.63) is 29.8 Å². The highest BCUT2D eigenvalue weighted by molar-refractivity contribution is 5.98. The van der Waals surface area contributed by atoms with Gasteiger partial charge in [-0.25, -0.2) is 0 Å². The lowest BCUT2D eigenvalue weighted by molar-refractivity contribution is -0.117. The highest BCUT2D eigenvalue weighted by atomic mass is 35.5. The smallest absolute Gasteiger partial charge is 0.251 e. The number of hydrogen-bond acceptors (Lipinski definition) is 3. The minimum Gasteiger partial charge on any atom is -0.348 e. The second kappa shape index (κ2) is 7.43. The molecule has 1 aliphatic carbocycles. The van der Waals surface area contributed by atoms with Crippen molar-refractivity contribution in [3.63, 3.8) is 0 Å². The number of amides is 2. The average molecular weight is 312 g/mol. The van der Waals surface area contributed by atoms with E-state index in [2.05, 4.69) is 17.6 Å². The number of nitrogens with one attached hydrogen (secondary N) is 2. The van der Waals surface area contributed by atoms with Gasteiger partial charge in [-0.05, 0) is 37.5 Å². The molecule has 0 radical (unpaired) electrons. The molecule has 3 atom stereocenters. The maximum absolute atomic E-state index is 12.0. The molecule has 0 saturated heterocycles. The fraction of sp³-hybridized carbons (Fsp3) is 0.467. The molecule has 5 nitrogen and oxygen atoms in total. The first-order valence-corrected chi connectivity index (χ1v) is 6.93. The number of hydrogen-bond donors (Lipinski definition) is 3. The van der Waals surface area contributed by atoms with Gasteiger partial charge in [-0.1, -0.05) is 13.0 Å². The van der Waals surface area contributed by atoms with Crippen LogP contribution in [0.2, 0.25) is 0 Å². The van der Waals surface area contributed by atoms with Crippen molar-refractivity contribution < 1.29 is 9.59 Å². The minimum absolute atomic E-state index is 0. The standard InChI is InChI=1S/C15H21N3O2.ClH/c1-9-6-13(9)15(20)18-12-5-3-4-11(7-12)14(19)17-10(2)8-16;/h3-5,7,9-10,13H,6,8,16H2,1-2H3,(H,17,19)(H,18,20);1H/t9?,10-,13?;/m0./s1. The van der Waals surface area contributed by atoms with Gasteiger partial charge in [0.05, 0.1) is 0 Å². The van der Waals surface area contributed by atoms with Crippen molar-refractivity contribution in [1.82, 2.24) is 5.32 Å². The number of carbonyl (C=O) groups is 2. The van der Waals surface area contributed by atoms with Crippen molar-refractivity contribution in [3.8, 4) is 0 Å². The van der Waals surface area contributed by atoms with Gasteiger partial charge in [0, 0.05) is 29.8 Å². The topological polar surface area (TPSA) is 84.2 Å². The molecule has 2 amide bonds. The second-order valence-electron chi connectivity index (χ2n) is 5.50. The highest BCUT2D eigenvalue weighted by Gasteiger charge is 2.39. The number of nitrogens with two attached hydrogens (primary N) is 1. The summed E-state index contributed by atoms with van der Waals surface area (Å²) in [5, 5.41) is 5.65. The van der Waals surface area contributed by atoms with Gasteiger partial charge < -0.3 is 16.4 Å². The Balaban J connectivity index is 0.00000220. The molecule has 2 rings (SSSR count). The van der Waals surface area contributed by atoms with Crippen molar-refractivity contribution >= 4 is 29.9 Å². The molecule has 0 heterocycles. The summed E-state index contributed by atoms with van der Waals surface area (Å²) >= 11 is 0. The summed E-state index contributed by atoms with van der Waals surface area (Å²) < 4.78 is 0. The number of rotatable bonds is 5. The summed E-state index contributed by atoms with van der Waals surface area (Å²) in [5.74, 6) is 0.431. The summed E-state index contributed by atoms with van der Waals surface area (Å²) in [6.07, 6.45) is 0.944. The summed E-state index contributed by atoms with van der Waals surface area (Å²) in [6, 6.07) is 6.87. The first-order chi connectivity index (χ1) is 9.51. The Morgan fingerprint density at radius 2 is 2.10 bits per heavy atom. The van der Waals surface area contributed by atoms with Crippen LogP contribution in [0.1, 0.15) is 30.6 Å². The van der Waals surface area contributed by atoms with Crippen LogP contribution in [0.4, 0.5) is 5.69 Å². The van der Waals surface area contributed by atoms with E-state index >= 15 is 0 Å². The fourth-order valence-corrected chi connectivity index (χ4v) is 2.03. The fourth-order valence-electron chi connectivity index (χ4n) is 2.03. The summed E-state index contributed by atoms with van der Waals surface area (Å²) in [5.41, 5.74) is 6.65. The monoisotopic (exact) mass is 311 g/mol. The molecule has 116 valence electrons. The largest absolute Gasteiger partial charge is 0.348 e. The van der Waals surface area contributed by atoms with Crippen LogP contribution in [-0.4, -0.2) is 24.4 Å². The zero-order valence-electron chi connectivity index (χ0n) is 12.3. The number of anilines is 1. The van der Waals surface area contributed by atoms with Gasteiger partial charge in [-0.3, -0.25) is 9.59 Å². The van der Waals surface area contributed by atoms with E-state index in [0.717, 1.165) is 6.42 Å². The molecule has 1 aromatic rings. The molecule has 0 aromatic heterocycles. The quantitative estimate of drug-likeness (QED) is 0.775. The van der Waals surface area contributed by atoms with E-state index < -0.39 is 0 Å². The van der Waals surface area contributed by atoms with Crippen LogP contribution in [-0.2, 0) is 4.79 Å². The molecule has 1 aromatic carbocycles. The molecule has 21 heavy (non-hydrogen) atoms. The van der Waals surface area contributed by atoms with E-state index in [0.29, 0.717) is 23.7 Å². The Morgan fingerprint density at radius 3 is 2.67 bits per heavy atom. The van der Waals surface area contributed by atoms with Crippen LogP contribution < -0.4 is 16.4 Å². The molecule has 1 fully saturated rings. The lowest BCUT2D eigenvalue weighted by Gasteiger charge is -2.12. The second-order valence-corrected chi connectivity index (χ2v) is 5.50. The van der Waals surface area contributed by atoms with Crippen LogP contribution in [0.5, 0.6) is 0 Å². The number of carbonyl (C=O) groups excluding carboxylic acids is 2. The minimum atomic E-state index is -0.182. The van der Waals surface area contributed by atoms with E-state index in [1.807, 2.05) is 6.92 Å². The Bertz CT molecular complexity index is 521. The molecule has 0 bridgehead atoms. The first-order valence-electron chi connectivity index (χ1n) is 6.93. The zero-order chi connectivity index (χ0) is 14.7. The molecule has 6 heteroatoms. The average Bonchev–Trinajstić information content (AvgIpc) is 3.16. The van der Waals surface area contributed by atoms with E-state index in [1.54, 1.807) is 24.3 Å².